The average Bonchev–Trinajstić information content (AvgIpc) is 2.34. The van der Waals surface area contributed by atoms with Gasteiger partial charge in [-0.25, -0.2) is 0 Å². The average molecular weight is 256 g/mol. The molecule has 0 spiro atoms. The second-order valence-electron chi connectivity index (χ2n) is 5.71. The topological polar surface area (TPSA) is 43.8 Å². The number of carbonyl (C=O) groups is 1. The van der Waals surface area contributed by atoms with Crippen LogP contribution >= 0.6 is 0 Å². The molecular weight excluding hydrogens is 228 g/mol. The van der Waals surface area contributed by atoms with Gasteiger partial charge in [0, 0.05) is 6.04 Å². The van der Waals surface area contributed by atoms with Crippen molar-refractivity contribution in [3.63, 3.8) is 0 Å². The zero-order chi connectivity index (χ0) is 13.5. The molecule has 0 radical (unpaired) electrons. The zero-order valence-corrected chi connectivity index (χ0v) is 12.1. The van der Waals surface area contributed by atoms with Gasteiger partial charge >= 0.3 is 5.97 Å². The Morgan fingerprint density at radius 3 is 2.44 bits per heavy atom. The van der Waals surface area contributed by atoms with Crippen LogP contribution in [0, 0.1) is 5.92 Å². The molecule has 106 valence electrons. The van der Waals surface area contributed by atoms with Crippen molar-refractivity contribution in [2.75, 3.05) is 32.7 Å². The fourth-order valence-electron chi connectivity index (χ4n) is 2.62. The van der Waals surface area contributed by atoms with E-state index in [1.165, 1.54) is 13.0 Å². The lowest BCUT2D eigenvalue weighted by atomic mass is 10.0. The van der Waals surface area contributed by atoms with E-state index in [1.807, 2.05) is 6.92 Å². The lowest BCUT2D eigenvalue weighted by Crippen LogP contribution is -2.46. The van der Waals surface area contributed by atoms with Crippen molar-refractivity contribution in [3.05, 3.63) is 0 Å². The largest absolute Gasteiger partial charge is 0.480 e. The molecule has 1 saturated heterocycles. The van der Waals surface area contributed by atoms with Crippen LogP contribution in [0.15, 0.2) is 0 Å². The number of likely N-dealkylation sites (tertiary alicyclic amines) is 1. The van der Waals surface area contributed by atoms with Crippen molar-refractivity contribution < 1.29 is 9.90 Å². The molecule has 0 atom stereocenters. The minimum Gasteiger partial charge on any atom is -0.480 e. The maximum absolute atomic E-state index is 10.8. The van der Waals surface area contributed by atoms with Gasteiger partial charge in [0.2, 0.25) is 0 Å². The number of aliphatic carboxylic acids is 1. The molecule has 1 rings (SSSR count). The molecule has 1 aliphatic rings. The van der Waals surface area contributed by atoms with Gasteiger partial charge < -0.3 is 10.0 Å². The predicted octanol–water partition coefficient (Wildman–Crippen LogP) is 1.90. The third-order valence-corrected chi connectivity index (χ3v) is 3.84. The molecule has 0 unspecified atom stereocenters. The second-order valence-corrected chi connectivity index (χ2v) is 5.71. The van der Waals surface area contributed by atoms with Crippen LogP contribution in [0.4, 0.5) is 0 Å². The summed E-state index contributed by atoms with van der Waals surface area (Å²) in [6, 6.07) is 0.460. The van der Waals surface area contributed by atoms with E-state index >= 15 is 0 Å². The van der Waals surface area contributed by atoms with E-state index in [2.05, 4.69) is 23.6 Å². The molecule has 0 amide bonds. The summed E-state index contributed by atoms with van der Waals surface area (Å²) in [7, 11) is 0. The van der Waals surface area contributed by atoms with Crippen LogP contribution in [-0.4, -0.2) is 59.6 Å². The molecule has 1 heterocycles. The van der Waals surface area contributed by atoms with Crippen LogP contribution in [0.3, 0.4) is 0 Å². The quantitative estimate of drug-likeness (QED) is 0.755. The Kier molecular flexibility index (Phi) is 6.65. The van der Waals surface area contributed by atoms with Gasteiger partial charge in [0.05, 0.1) is 6.54 Å². The number of nitrogens with zero attached hydrogens (tertiary/aromatic N) is 2. The summed E-state index contributed by atoms with van der Waals surface area (Å²) in [5.41, 5.74) is 0. The number of carboxylic acid groups (broad SMARTS) is 1. The Morgan fingerprint density at radius 1 is 1.39 bits per heavy atom. The summed E-state index contributed by atoms with van der Waals surface area (Å²) in [6.07, 6.45) is 3.48. The predicted molar refractivity (Wildman–Crippen MR) is 73.8 cm³/mol. The Bertz CT molecular complexity index is 248. The molecule has 1 fully saturated rings. The first-order valence-corrected chi connectivity index (χ1v) is 7.21. The van der Waals surface area contributed by atoms with Gasteiger partial charge in [-0.2, -0.15) is 0 Å². The fourth-order valence-corrected chi connectivity index (χ4v) is 2.62. The first-order valence-electron chi connectivity index (χ1n) is 7.21. The molecule has 0 aromatic carbocycles. The summed E-state index contributed by atoms with van der Waals surface area (Å²) >= 11 is 0. The van der Waals surface area contributed by atoms with Crippen LogP contribution in [0.1, 0.15) is 40.0 Å². The normalized spacial score (nSPS) is 18.7. The lowest BCUT2D eigenvalue weighted by molar-refractivity contribution is -0.139. The van der Waals surface area contributed by atoms with E-state index in [0.717, 1.165) is 38.4 Å². The Labute approximate surface area is 111 Å². The van der Waals surface area contributed by atoms with Gasteiger partial charge in [-0.05, 0) is 51.4 Å². The minimum absolute atomic E-state index is 0.188. The van der Waals surface area contributed by atoms with Gasteiger partial charge in [0.15, 0.2) is 0 Å². The van der Waals surface area contributed by atoms with Crippen LogP contribution in [-0.2, 0) is 4.79 Å². The van der Waals surface area contributed by atoms with E-state index in [4.69, 9.17) is 5.11 Å². The highest BCUT2D eigenvalue weighted by atomic mass is 16.4. The zero-order valence-electron chi connectivity index (χ0n) is 12.1. The van der Waals surface area contributed by atoms with Crippen molar-refractivity contribution >= 4 is 5.97 Å². The highest BCUT2D eigenvalue weighted by Gasteiger charge is 2.24. The molecule has 0 aromatic heterocycles. The molecule has 1 N–H and O–H groups in total. The maximum Gasteiger partial charge on any atom is 0.317 e. The van der Waals surface area contributed by atoms with Crippen molar-refractivity contribution in [2.24, 2.45) is 5.92 Å². The van der Waals surface area contributed by atoms with Gasteiger partial charge in [0.1, 0.15) is 0 Å². The number of rotatable bonds is 7. The summed E-state index contributed by atoms with van der Waals surface area (Å²) in [4.78, 5) is 15.4. The standard InChI is InChI=1S/C14H28N2O2/c1-4-16(11-14(17)18)13-6-9-15(10-7-13)8-5-12(2)3/h12-13H,4-11H2,1-3H3,(H,17,18). The number of likely N-dealkylation sites (N-methyl/N-ethyl adjacent to an activating group) is 1. The van der Waals surface area contributed by atoms with Crippen LogP contribution in [0.5, 0.6) is 0 Å². The molecule has 4 heteroatoms. The summed E-state index contributed by atoms with van der Waals surface area (Å²) in [5, 5.41) is 8.89. The molecule has 0 aromatic rings. The van der Waals surface area contributed by atoms with E-state index in [9.17, 15) is 4.79 Å². The first-order chi connectivity index (χ1) is 8.52. The third kappa shape index (κ3) is 5.36. The summed E-state index contributed by atoms with van der Waals surface area (Å²) < 4.78 is 0. The van der Waals surface area contributed by atoms with E-state index < -0.39 is 5.97 Å². The second kappa shape index (κ2) is 7.74. The molecule has 0 bridgehead atoms. The van der Waals surface area contributed by atoms with Crippen molar-refractivity contribution in [1.82, 2.24) is 9.80 Å². The van der Waals surface area contributed by atoms with Gasteiger partial charge in [-0.1, -0.05) is 20.8 Å². The maximum atomic E-state index is 10.8. The van der Waals surface area contributed by atoms with Crippen LogP contribution in [0.25, 0.3) is 0 Å². The molecule has 4 nitrogen and oxygen atoms in total. The molecule has 1 aliphatic heterocycles. The third-order valence-electron chi connectivity index (χ3n) is 3.84. The van der Waals surface area contributed by atoms with E-state index in [-0.39, 0.29) is 6.54 Å². The van der Waals surface area contributed by atoms with Crippen LogP contribution < -0.4 is 0 Å². The van der Waals surface area contributed by atoms with Gasteiger partial charge in [-0.3, -0.25) is 9.69 Å². The number of piperidine rings is 1. The van der Waals surface area contributed by atoms with Crippen molar-refractivity contribution in [2.45, 2.75) is 46.1 Å². The molecular formula is C14H28N2O2. The molecule has 0 saturated carbocycles. The first kappa shape index (κ1) is 15.4. The molecule has 18 heavy (non-hydrogen) atoms. The van der Waals surface area contributed by atoms with Gasteiger partial charge in [0.25, 0.3) is 0 Å². The monoisotopic (exact) mass is 256 g/mol. The van der Waals surface area contributed by atoms with Crippen molar-refractivity contribution in [1.29, 1.82) is 0 Å². The fraction of sp³-hybridized carbons (Fsp3) is 0.929. The SMILES string of the molecule is CCN(CC(=O)O)C1CCN(CCC(C)C)CC1. The molecule has 0 aliphatic carbocycles. The Morgan fingerprint density at radius 2 is 2.00 bits per heavy atom. The highest BCUT2D eigenvalue weighted by Crippen LogP contribution is 2.17. The summed E-state index contributed by atoms with van der Waals surface area (Å²) in [6.45, 7) is 11.0. The van der Waals surface area contributed by atoms with Crippen LogP contribution in [0.2, 0.25) is 0 Å². The minimum atomic E-state index is -0.709. The number of hydrogen-bond donors (Lipinski definition) is 1. The lowest BCUT2D eigenvalue weighted by Gasteiger charge is -2.37. The number of hydrogen-bond acceptors (Lipinski definition) is 3. The summed E-state index contributed by atoms with van der Waals surface area (Å²) in [5.74, 6) is 0.0564. The Hall–Kier alpha value is -0.610. The Balaban J connectivity index is 2.30. The van der Waals surface area contributed by atoms with E-state index in [1.54, 1.807) is 0 Å². The highest BCUT2D eigenvalue weighted by molar-refractivity contribution is 5.69. The van der Waals surface area contributed by atoms with E-state index in [0.29, 0.717) is 6.04 Å². The smallest absolute Gasteiger partial charge is 0.317 e. The number of carboxylic acids is 1. The van der Waals surface area contributed by atoms with Gasteiger partial charge in [-0.15, -0.1) is 0 Å². The van der Waals surface area contributed by atoms with Crippen molar-refractivity contribution in [3.8, 4) is 0 Å².